The maximum Gasteiger partial charge on any atom is 0.252 e. The van der Waals surface area contributed by atoms with Gasteiger partial charge < -0.3 is 5.32 Å². The van der Waals surface area contributed by atoms with Crippen molar-refractivity contribution in [3.63, 3.8) is 0 Å². The van der Waals surface area contributed by atoms with Crippen LogP contribution in [0, 0.1) is 13.8 Å². The lowest BCUT2D eigenvalue weighted by Crippen LogP contribution is -2.27. The standard InChI is InChI=1S/C15H16BrNOS/c1-9-8-13(11(3)19-9)15(18)17-10(2)12-6-4-5-7-14(12)16/h4-8,10H,1-3H3,(H,17,18). The summed E-state index contributed by atoms with van der Waals surface area (Å²) in [7, 11) is 0. The molecule has 2 aromatic rings. The molecule has 0 aliphatic heterocycles. The van der Waals surface area contributed by atoms with Gasteiger partial charge in [-0.15, -0.1) is 11.3 Å². The highest BCUT2D eigenvalue weighted by atomic mass is 79.9. The predicted octanol–water partition coefficient (Wildman–Crippen LogP) is 4.62. The third kappa shape index (κ3) is 3.25. The van der Waals surface area contributed by atoms with Gasteiger partial charge in [-0.1, -0.05) is 34.1 Å². The number of hydrogen-bond acceptors (Lipinski definition) is 2. The minimum atomic E-state index is -0.0253. The average molecular weight is 338 g/mol. The second-order valence-electron chi connectivity index (χ2n) is 4.54. The molecule has 4 heteroatoms. The van der Waals surface area contributed by atoms with Crippen molar-refractivity contribution in [2.45, 2.75) is 26.8 Å². The van der Waals surface area contributed by atoms with Crippen LogP contribution in [-0.4, -0.2) is 5.91 Å². The Bertz CT molecular complexity index is 606. The van der Waals surface area contributed by atoms with E-state index in [4.69, 9.17) is 0 Å². The molecule has 0 aliphatic rings. The van der Waals surface area contributed by atoms with E-state index in [-0.39, 0.29) is 11.9 Å². The third-order valence-electron chi connectivity index (χ3n) is 3.00. The minimum Gasteiger partial charge on any atom is -0.345 e. The predicted molar refractivity (Wildman–Crippen MR) is 83.8 cm³/mol. The molecule has 1 N–H and O–H groups in total. The Labute approximate surface area is 126 Å². The molecule has 0 saturated heterocycles. The second-order valence-corrected chi connectivity index (χ2v) is 6.86. The van der Waals surface area contributed by atoms with Crippen molar-refractivity contribution < 1.29 is 4.79 Å². The number of aryl methyl sites for hydroxylation is 2. The van der Waals surface area contributed by atoms with Gasteiger partial charge in [-0.3, -0.25) is 4.79 Å². The highest BCUT2D eigenvalue weighted by molar-refractivity contribution is 9.10. The number of nitrogens with one attached hydrogen (secondary N) is 1. The van der Waals surface area contributed by atoms with Gasteiger partial charge in [-0.05, 0) is 38.5 Å². The van der Waals surface area contributed by atoms with Crippen molar-refractivity contribution in [3.8, 4) is 0 Å². The van der Waals surface area contributed by atoms with E-state index in [9.17, 15) is 4.79 Å². The number of carbonyl (C=O) groups is 1. The zero-order chi connectivity index (χ0) is 14.0. The van der Waals surface area contributed by atoms with E-state index < -0.39 is 0 Å². The fourth-order valence-electron chi connectivity index (χ4n) is 2.03. The quantitative estimate of drug-likeness (QED) is 0.869. The molecule has 1 aromatic heterocycles. The van der Waals surface area contributed by atoms with E-state index in [1.54, 1.807) is 11.3 Å². The number of carbonyl (C=O) groups excluding carboxylic acids is 1. The lowest BCUT2D eigenvalue weighted by Gasteiger charge is -2.15. The lowest BCUT2D eigenvalue weighted by atomic mass is 10.1. The van der Waals surface area contributed by atoms with Gasteiger partial charge in [-0.2, -0.15) is 0 Å². The van der Waals surface area contributed by atoms with Crippen LogP contribution in [0.5, 0.6) is 0 Å². The summed E-state index contributed by atoms with van der Waals surface area (Å²) < 4.78 is 1.01. The normalized spacial score (nSPS) is 12.2. The molecule has 1 heterocycles. The summed E-state index contributed by atoms with van der Waals surface area (Å²) >= 11 is 5.17. The first kappa shape index (κ1) is 14.3. The van der Waals surface area contributed by atoms with Gasteiger partial charge in [0.1, 0.15) is 0 Å². The first-order valence-electron chi connectivity index (χ1n) is 6.11. The SMILES string of the molecule is Cc1cc(C(=O)NC(C)c2ccccc2Br)c(C)s1. The van der Waals surface area contributed by atoms with Gasteiger partial charge in [0.15, 0.2) is 0 Å². The Morgan fingerprint density at radius 2 is 2.00 bits per heavy atom. The van der Waals surface area contributed by atoms with Crippen LogP contribution in [0.3, 0.4) is 0 Å². The van der Waals surface area contributed by atoms with Crippen LogP contribution >= 0.6 is 27.3 Å². The lowest BCUT2D eigenvalue weighted by molar-refractivity contribution is 0.0939. The van der Waals surface area contributed by atoms with Gasteiger partial charge in [-0.25, -0.2) is 0 Å². The fourth-order valence-corrected chi connectivity index (χ4v) is 3.58. The summed E-state index contributed by atoms with van der Waals surface area (Å²) in [4.78, 5) is 14.5. The van der Waals surface area contributed by atoms with Crippen LogP contribution in [0.4, 0.5) is 0 Å². The highest BCUT2D eigenvalue weighted by Crippen LogP contribution is 2.25. The van der Waals surface area contributed by atoms with E-state index in [1.807, 2.05) is 51.1 Å². The third-order valence-corrected chi connectivity index (χ3v) is 4.69. The van der Waals surface area contributed by atoms with Crippen LogP contribution in [0.25, 0.3) is 0 Å². The summed E-state index contributed by atoms with van der Waals surface area (Å²) in [6.45, 7) is 5.99. The molecule has 2 rings (SSSR count). The molecule has 19 heavy (non-hydrogen) atoms. The average Bonchev–Trinajstić information content (AvgIpc) is 2.69. The van der Waals surface area contributed by atoms with Crippen molar-refractivity contribution in [1.29, 1.82) is 0 Å². The van der Waals surface area contributed by atoms with Crippen LogP contribution in [0.1, 0.15) is 38.6 Å². The molecule has 100 valence electrons. The van der Waals surface area contributed by atoms with E-state index in [2.05, 4.69) is 21.2 Å². The van der Waals surface area contributed by atoms with Crippen molar-refractivity contribution in [1.82, 2.24) is 5.32 Å². The van der Waals surface area contributed by atoms with Gasteiger partial charge in [0.25, 0.3) is 5.91 Å². The molecule has 0 bridgehead atoms. The molecular weight excluding hydrogens is 322 g/mol. The summed E-state index contributed by atoms with van der Waals surface area (Å²) in [6.07, 6.45) is 0. The monoisotopic (exact) mass is 337 g/mol. The summed E-state index contributed by atoms with van der Waals surface area (Å²) in [5.41, 5.74) is 1.86. The first-order valence-corrected chi connectivity index (χ1v) is 7.72. The number of amides is 1. The van der Waals surface area contributed by atoms with Crippen molar-refractivity contribution in [2.24, 2.45) is 0 Å². The van der Waals surface area contributed by atoms with Crippen molar-refractivity contribution in [2.75, 3.05) is 0 Å². The maximum absolute atomic E-state index is 12.3. The molecule has 0 radical (unpaired) electrons. The van der Waals surface area contributed by atoms with Crippen LogP contribution in [0.15, 0.2) is 34.8 Å². The Morgan fingerprint density at radius 1 is 1.32 bits per heavy atom. The maximum atomic E-state index is 12.3. The number of thiophene rings is 1. The molecule has 0 spiro atoms. The number of benzene rings is 1. The minimum absolute atomic E-state index is 0.00916. The molecular formula is C15H16BrNOS. The number of rotatable bonds is 3. The van der Waals surface area contributed by atoms with Gasteiger partial charge in [0, 0.05) is 14.2 Å². The molecule has 1 unspecified atom stereocenters. The summed E-state index contributed by atoms with van der Waals surface area (Å²) in [6, 6.07) is 9.86. The van der Waals surface area contributed by atoms with Crippen molar-refractivity contribution >= 4 is 33.2 Å². The van der Waals surface area contributed by atoms with E-state index in [0.29, 0.717) is 0 Å². The first-order chi connectivity index (χ1) is 8.99. The van der Waals surface area contributed by atoms with Gasteiger partial charge >= 0.3 is 0 Å². The fraction of sp³-hybridized carbons (Fsp3) is 0.267. The smallest absolute Gasteiger partial charge is 0.252 e. The number of hydrogen-bond donors (Lipinski definition) is 1. The highest BCUT2D eigenvalue weighted by Gasteiger charge is 2.16. The summed E-state index contributed by atoms with van der Waals surface area (Å²) in [5.74, 6) is -0.00916. The van der Waals surface area contributed by atoms with Crippen molar-refractivity contribution in [3.05, 3.63) is 55.7 Å². The summed E-state index contributed by atoms with van der Waals surface area (Å²) in [5, 5.41) is 3.05. The van der Waals surface area contributed by atoms with Crippen LogP contribution in [0.2, 0.25) is 0 Å². The molecule has 1 aromatic carbocycles. The molecule has 0 saturated carbocycles. The molecule has 0 aliphatic carbocycles. The van der Waals surface area contributed by atoms with E-state index in [0.717, 1.165) is 25.4 Å². The van der Waals surface area contributed by atoms with Crippen LogP contribution < -0.4 is 5.32 Å². The molecule has 0 fully saturated rings. The van der Waals surface area contributed by atoms with Gasteiger partial charge in [0.2, 0.25) is 0 Å². The van der Waals surface area contributed by atoms with E-state index in [1.165, 1.54) is 0 Å². The molecule has 2 nitrogen and oxygen atoms in total. The Hall–Kier alpha value is -1.13. The zero-order valence-corrected chi connectivity index (χ0v) is 13.6. The van der Waals surface area contributed by atoms with E-state index >= 15 is 0 Å². The molecule has 1 atom stereocenters. The second kappa shape index (κ2) is 5.88. The zero-order valence-electron chi connectivity index (χ0n) is 11.2. The molecule has 1 amide bonds. The van der Waals surface area contributed by atoms with Crippen LogP contribution in [-0.2, 0) is 0 Å². The Morgan fingerprint density at radius 3 is 2.58 bits per heavy atom. The largest absolute Gasteiger partial charge is 0.345 e. The Kier molecular flexibility index (Phi) is 4.42. The number of halogens is 1. The van der Waals surface area contributed by atoms with Gasteiger partial charge in [0.05, 0.1) is 11.6 Å². The Balaban J connectivity index is 2.15. The topological polar surface area (TPSA) is 29.1 Å².